The maximum atomic E-state index is 12.1. The average molecular weight is 377 g/mol. The van der Waals surface area contributed by atoms with Crippen molar-refractivity contribution in [1.29, 1.82) is 5.26 Å². The minimum atomic E-state index is 0.0624. The van der Waals surface area contributed by atoms with Crippen LogP contribution in [0.5, 0.6) is 5.75 Å². The number of hydrogen-bond acceptors (Lipinski definition) is 4. The van der Waals surface area contributed by atoms with Gasteiger partial charge in [0.25, 0.3) is 0 Å². The standard InChI is InChI=1S/C23H27N3O2/c24-14-19-8-4-5-9-20(19)17-28-22-12-6-7-18(13-22)15-25-16-23(27)26-21-10-2-1-3-11-21/h4-9,12-13,21,25H,1-3,10-11,15-17H2,(H,26,27). The van der Waals surface area contributed by atoms with E-state index in [0.717, 1.165) is 29.7 Å². The van der Waals surface area contributed by atoms with Crippen molar-refractivity contribution in [2.75, 3.05) is 6.54 Å². The maximum absolute atomic E-state index is 12.1. The molecular weight excluding hydrogens is 350 g/mol. The van der Waals surface area contributed by atoms with Gasteiger partial charge in [-0.2, -0.15) is 5.26 Å². The van der Waals surface area contributed by atoms with E-state index >= 15 is 0 Å². The summed E-state index contributed by atoms with van der Waals surface area (Å²) in [4.78, 5) is 12.1. The highest BCUT2D eigenvalue weighted by Crippen LogP contribution is 2.18. The molecule has 0 radical (unpaired) electrons. The number of benzene rings is 2. The highest BCUT2D eigenvalue weighted by molar-refractivity contribution is 5.78. The third kappa shape index (κ3) is 6.11. The molecule has 1 saturated carbocycles. The van der Waals surface area contributed by atoms with Crippen LogP contribution >= 0.6 is 0 Å². The second-order valence-corrected chi connectivity index (χ2v) is 7.21. The lowest BCUT2D eigenvalue weighted by Crippen LogP contribution is -2.41. The summed E-state index contributed by atoms with van der Waals surface area (Å²) in [5.41, 5.74) is 2.55. The molecule has 1 aliphatic carbocycles. The lowest BCUT2D eigenvalue weighted by Gasteiger charge is -2.22. The summed E-state index contributed by atoms with van der Waals surface area (Å²) in [6, 6.07) is 17.8. The molecule has 2 N–H and O–H groups in total. The molecule has 5 nitrogen and oxygen atoms in total. The zero-order valence-corrected chi connectivity index (χ0v) is 16.1. The lowest BCUT2D eigenvalue weighted by molar-refractivity contribution is -0.121. The molecule has 0 aromatic heterocycles. The van der Waals surface area contributed by atoms with E-state index in [2.05, 4.69) is 16.7 Å². The Kier molecular flexibility index (Phi) is 7.45. The molecule has 0 aliphatic heterocycles. The van der Waals surface area contributed by atoms with E-state index in [-0.39, 0.29) is 5.91 Å². The van der Waals surface area contributed by atoms with Crippen LogP contribution in [0.4, 0.5) is 0 Å². The molecule has 3 rings (SSSR count). The predicted molar refractivity (Wildman–Crippen MR) is 109 cm³/mol. The van der Waals surface area contributed by atoms with Crippen LogP contribution in [0.25, 0.3) is 0 Å². The van der Waals surface area contributed by atoms with Gasteiger partial charge in [0.05, 0.1) is 18.2 Å². The summed E-state index contributed by atoms with van der Waals surface area (Å²) >= 11 is 0. The largest absolute Gasteiger partial charge is 0.489 e. The number of nitrogens with one attached hydrogen (secondary N) is 2. The van der Waals surface area contributed by atoms with Gasteiger partial charge in [-0.1, -0.05) is 49.6 Å². The summed E-state index contributed by atoms with van der Waals surface area (Å²) in [5, 5.41) is 15.5. The highest BCUT2D eigenvalue weighted by Gasteiger charge is 2.15. The van der Waals surface area contributed by atoms with Crippen LogP contribution in [0.1, 0.15) is 48.8 Å². The Morgan fingerprint density at radius 3 is 2.75 bits per heavy atom. The van der Waals surface area contributed by atoms with Gasteiger partial charge in [0.1, 0.15) is 12.4 Å². The zero-order valence-electron chi connectivity index (χ0n) is 16.1. The van der Waals surface area contributed by atoms with Crippen molar-refractivity contribution in [3.05, 3.63) is 65.2 Å². The number of nitriles is 1. The summed E-state index contributed by atoms with van der Waals surface area (Å²) in [5.74, 6) is 0.811. The molecule has 0 bridgehead atoms. The molecule has 2 aromatic carbocycles. The van der Waals surface area contributed by atoms with Crippen molar-refractivity contribution < 1.29 is 9.53 Å². The third-order valence-electron chi connectivity index (χ3n) is 5.02. The first-order chi connectivity index (χ1) is 13.7. The van der Waals surface area contributed by atoms with Gasteiger partial charge in [0.15, 0.2) is 0 Å². The number of hydrogen-bond donors (Lipinski definition) is 2. The maximum Gasteiger partial charge on any atom is 0.234 e. The number of rotatable bonds is 8. The molecule has 28 heavy (non-hydrogen) atoms. The summed E-state index contributed by atoms with van der Waals surface area (Å²) in [6.45, 7) is 1.27. The molecule has 0 saturated heterocycles. The van der Waals surface area contributed by atoms with Crippen LogP contribution in [-0.2, 0) is 17.9 Å². The van der Waals surface area contributed by atoms with Crippen molar-refractivity contribution in [3.8, 4) is 11.8 Å². The fraction of sp³-hybridized carbons (Fsp3) is 0.391. The first kappa shape index (κ1) is 19.9. The van der Waals surface area contributed by atoms with Gasteiger partial charge >= 0.3 is 0 Å². The van der Waals surface area contributed by atoms with Gasteiger partial charge in [-0.05, 0) is 36.6 Å². The Balaban J connectivity index is 1.44. The quantitative estimate of drug-likeness (QED) is 0.736. The first-order valence-electron chi connectivity index (χ1n) is 9.94. The van der Waals surface area contributed by atoms with Gasteiger partial charge in [-0.25, -0.2) is 0 Å². The van der Waals surface area contributed by atoms with E-state index in [1.165, 1.54) is 19.3 Å². The van der Waals surface area contributed by atoms with Crippen molar-refractivity contribution in [2.45, 2.75) is 51.3 Å². The Morgan fingerprint density at radius 2 is 1.93 bits per heavy atom. The van der Waals surface area contributed by atoms with E-state index in [1.807, 2.05) is 42.5 Å². The number of nitrogens with zero attached hydrogens (tertiary/aromatic N) is 1. The van der Waals surface area contributed by atoms with Gasteiger partial charge < -0.3 is 15.4 Å². The monoisotopic (exact) mass is 377 g/mol. The van der Waals surface area contributed by atoms with Crippen molar-refractivity contribution in [2.24, 2.45) is 0 Å². The number of ether oxygens (including phenoxy) is 1. The number of carbonyl (C=O) groups excluding carboxylic acids is 1. The molecule has 0 unspecified atom stereocenters. The third-order valence-corrected chi connectivity index (χ3v) is 5.02. The van der Waals surface area contributed by atoms with Crippen LogP contribution < -0.4 is 15.4 Å². The van der Waals surface area contributed by atoms with Gasteiger partial charge in [-0.15, -0.1) is 0 Å². The van der Waals surface area contributed by atoms with E-state index in [1.54, 1.807) is 6.07 Å². The summed E-state index contributed by atoms with van der Waals surface area (Å²) in [6.07, 6.45) is 5.90. The first-order valence-corrected chi connectivity index (χ1v) is 9.94. The summed E-state index contributed by atoms with van der Waals surface area (Å²) in [7, 11) is 0. The molecule has 0 atom stereocenters. The van der Waals surface area contributed by atoms with Crippen molar-refractivity contribution in [1.82, 2.24) is 10.6 Å². The van der Waals surface area contributed by atoms with Gasteiger partial charge in [0, 0.05) is 18.2 Å². The smallest absolute Gasteiger partial charge is 0.234 e. The van der Waals surface area contributed by atoms with Crippen LogP contribution in [0.2, 0.25) is 0 Å². The summed E-state index contributed by atoms with van der Waals surface area (Å²) < 4.78 is 5.84. The van der Waals surface area contributed by atoms with Gasteiger partial charge in [0.2, 0.25) is 5.91 Å². The fourth-order valence-corrected chi connectivity index (χ4v) is 3.51. The second kappa shape index (κ2) is 10.5. The van der Waals surface area contributed by atoms with Crippen LogP contribution in [0.3, 0.4) is 0 Å². The van der Waals surface area contributed by atoms with Crippen LogP contribution in [0, 0.1) is 11.3 Å². The molecule has 1 fully saturated rings. The minimum absolute atomic E-state index is 0.0624. The van der Waals surface area contributed by atoms with Crippen molar-refractivity contribution in [3.63, 3.8) is 0 Å². The number of carbonyl (C=O) groups is 1. The van der Waals surface area contributed by atoms with Gasteiger partial charge in [-0.3, -0.25) is 4.79 Å². The Bertz CT molecular complexity index is 823. The highest BCUT2D eigenvalue weighted by atomic mass is 16.5. The van der Waals surface area contributed by atoms with E-state index in [4.69, 9.17) is 10.00 Å². The molecule has 2 aromatic rings. The molecule has 0 spiro atoms. The SMILES string of the molecule is N#Cc1ccccc1COc1cccc(CNCC(=O)NC2CCCCC2)c1. The van der Waals surface area contributed by atoms with Crippen LogP contribution in [0.15, 0.2) is 48.5 Å². The average Bonchev–Trinajstić information content (AvgIpc) is 2.73. The fourth-order valence-electron chi connectivity index (χ4n) is 3.51. The normalized spacial score (nSPS) is 14.2. The Labute approximate surface area is 166 Å². The predicted octanol–water partition coefficient (Wildman–Crippen LogP) is 3.68. The Morgan fingerprint density at radius 1 is 1.11 bits per heavy atom. The molecule has 1 aliphatic rings. The van der Waals surface area contributed by atoms with E-state index in [0.29, 0.717) is 31.3 Å². The zero-order chi connectivity index (χ0) is 19.6. The molecular formula is C23H27N3O2. The van der Waals surface area contributed by atoms with Crippen LogP contribution in [-0.4, -0.2) is 18.5 Å². The van der Waals surface area contributed by atoms with E-state index < -0.39 is 0 Å². The molecule has 5 heteroatoms. The topological polar surface area (TPSA) is 74.1 Å². The Hall–Kier alpha value is -2.84. The lowest BCUT2D eigenvalue weighted by atomic mass is 9.95. The second-order valence-electron chi connectivity index (χ2n) is 7.21. The minimum Gasteiger partial charge on any atom is -0.489 e. The molecule has 146 valence electrons. The number of amides is 1. The molecule has 1 amide bonds. The van der Waals surface area contributed by atoms with Crippen molar-refractivity contribution >= 4 is 5.91 Å². The molecule has 0 heterocycles. The van der Waals surface area contributed by atoms with E-state index in [9.17, 15) is 4.79 Å².